The molecule has 0 spiro atoms. The van der Waals surface area contributed by atoms with Crippen LogP contribution < -0.4 is 0 Å². The van der Waals surface area contributed by atoms with E-state index in [2.05, 4.69) is 19.1 Å². The van der Waals surface area contributed by atoms with Crippen LogP contribution in [0.1, 0.15) is 37.8 Å². The number of ether oxygens (including phenoxy) is 1. The van der Waals surface area contributed by atoms with Crippen molar-refractivity contribution in [2.45, 2.75) is 46.1 Å². The summed E-state index contributed by atoms with van der Waals surface area (Å²) < 4.78 is 5.31. The van der Waals surface area contributed by atoms with E-state index in [0.29, 0.717) is 6.42 Å². The highest BCUT2D eigenvalue weighted by atomic mass is 16.5. The van der Waals surface area contributed by atoms with Crippen LogP contribution >= 0.6 is 0 Å². The molecule has 0 amide bonds. The fraction of sp³-hybridized carbons (Fsp3) is 0.500. The molecule has 0 heterocycles. The van der Waals surface area contributed by atoms with Gasteiger partial charge in [0.15, 0.2) is 0 Å². The van der Waals surface area contributed by atoms with Gasteiger partial charge in [0.25, 0.3) is 0 Å². The van der Waals surface area contributed by atoms with Crippen molar-refractivity contribution in [2.75, 3.05) is 0 Å². The summed E-state index contributed by atoms with van der Waals surface area (Å²) in [6.45, 7) is 6.00. The monoisotopic (exact) mass is 220 g/mol. The van der Waals surface area contributed by atoms with Gasteiger partial charge in [-0.15, -0.1) is 0 Å². The normalized spacial score (nSPS) is 12.2. The highest BCUT2D eigenvalue weighted by Gasteiger charge is 2.10. The lowest BCUT2D eigenvalue weighted by molar-refractivity contribution is -0.148. The maximum absolute atomic E-state index is 11.3. The van der Waals surface area contributed by atoms with E-state index in [1.165, 1.54) is 11.1 Å². The van der Waals surface area contributed by atoms with Gasteiger partial charge in [-0.1, -0.05) is 31.2 Å². The Morgan fingerprint density at radius 1 is 1.38 bits per heavy atom. The van der Waals surface area contributed by atoms with E-state index in [4.69, 9.17) is 4.74 Å². The minimum Gasteiger partial charge on any atom is -0.462 e. The molecule has 1 atom stereocenters. The Labute approximate surface area is 97.6 Å². The average Bonchev–Trinajstić information content (AvgIpc) is 2.21. The van der Waals surface area contributed by atoms with E-state index in [-0.39, 0.29) is 12.1 Å². The number of hydrogen-bond acceptors (Lipinski definition) is 2. The largest absolute Gasteiger partial charge is 0.462 e. The molecule has 0 N–H and O–H groups in total. The van der Waals surface area contributed by atoms with Gasteiger partial charge in [0.1, 0.15) is 6.10 Å². The van der Waals surface area contributed by atoms with Crippen LogP contribution in [0.15, 0.2) is 24.3 Å². The van der Waals surface area contributed by atoms with E-state index >= 15 is 0 Å². The molecule has 16 heavy (non-hydrogen) atoms. The fourth-order valence-corrected chi connectivity index (χ4v) is 1.68. The standard InChI is InChI=1S/C14H20O2/c1-4-7-14(15)16-12(3)10-13-9-6-5-8-11(13)2/h5-6,8-9,12H,4,7,10H2,1-3H3. The van der Waals surface area contributed by atoms with E-state index in [1.807, 2.05) is 26.0 Å². The maximum Gasteiger partial charge on any atom is 0.306 e. The van der Waals surface area contributed by atoms with Gasteiger partial charge in [-0.25, -0.2) is 0 Å². The molecule has 2 nitrogen and oxygen atoms in total. The predicted octanol–water partition coefficient (Wildman–Crippen LogP) is 3.27. The number of hydrogen-bond donors (Lipinski definition) is 0. The summed E-state index contributed by atoms with van der Waals surface area (Å²) in [6.07, 6.45) is 2.11. The predicted molar refractivity (Wildman–Crippen MR) is 65.3 cm³/mol. The smallest absolute Gasteiger partial charge is 0.306 e. The third-order valence-electron chi connectivity index (χ3n) is 2.56. The minimum absolute atomic E-state index is 0.0415. The molecular formula is C14H20O2. The second kappa shape index (κ2) is 6.31. The van der Waals surface area contributed by atoms with Gasteiger partial charge in [-0.3, -0.25) is 4.79 Å². The molecule has 0 aliphatic rings. The summed E-state index contributed by atoms with van der Waals surface area (Å²) in [5, 5.41) is 0. The number of aryl methyl sites for hydroxylation is 1. The van der Waals surface area contributed by atoms with Crippen LogP contribution in [0.3, 0.4) is 0 Å². The first kappa shape index (κ1) is 12.8. The van der Waals surface area contributed by atoms with Crippen LogP contribution in [0, 0.1) is 6.92 Å². The van der Waals surface area contributed by atoms with Crippen molar-refractivity contribution < 1.29 is 9.53 Å². The van der Waals surface area contributed by atoms with Gasteiger partial charge in [0, 0.05) is 12.8 Å². The van der Waals surface area contributed by atoms with Crippen LogP contribution in [0.2, 0.25) is 0 Å². The number of rotatable bonds is 5. The summed E-state index contributed by atoms with van der Waals surface area (Å²) in [6, 6.07) is 8.20. The Kier molecular flexibility index (Phi) is 5.03. The highest BCUT2D eigenvalue weighted by molar-refractivity contribution is 5.69. The molecule has 2 heteroatoms. The lowest BCUT2D eigenvalue weighted by Crippen LogP contribution is -2.17. The van der Waals surface area contributed by atoms with Crippen LogP contribution in [0.25, 0.3) is 0 Å². The Bertz CT molecular complexity index is 344. The van der Waals surface area contributed by atoms with Crippen molar-refractivity contribution >= 4 is 5.97 Å². The number of carbonyl (C=O) groups excluding carboxylic acids is 1. The quantitative estimate of drug-likeness (QED) is 0.712. The second-order valence-electron chi connectivity index (χ2n) is 4.18. The van der Waals surface area contributed by atoms with Crippen molar-refractivity contribution in [1.29, 1.82) is 0 Å². The molecule has 1 unspecified atom stereocenters. The zero-order valence-electron chi connectivity index (χ0n) is 10.3. The third kappa shape index (κ3) is 4.05. The van der Waals surface area contributed by atoms with E-state index in [9.17, 15) is 4.79 Å². The van der Waals surface area contributed by atoms with E-state index in [1.54, 1.807) is 0 Å². The average molecular weight is 220 g/mol. The molecule has 88 valence electrons. The van der Waals surface area contributed by atoms with Gasteiger partial charge in [0.2, 0.25) is 0 Å². The summed E-state index contributed by atoms with van der Waals surface area (Å²) >= 11 is 0. The van der Waals surface area contributed by atoms with Crippen molar-refractivity contribution in [2.24, 2.45) is 0 Å². The SMILES string of the molecule is CCCC(=O)OC(C)Cc1ccccc1C. The minimum atomic E-state index is -0.0939. The number of benzene rings is 1. The summed E-state index contributed by atoms with van der Waals surface area (Å²) in [5.41, 5.74) is 2.50. The molecule has 0 aliphatic heterocycles. The van der Waals surface area contributed by atoms with Crippen LogP contribution in [-0.2, 0) is 16.0 Å². The van der Waals surface area contributed by atoms with Gasteiger partial charge in [0.05, 0.1) is 0 Å². The summed E-state index contributed by atoms with van der Waals surface area (Å²) in [4.78, 5) is 11.3. The van der Waals surface area contributed by atoms with E-state index < -0.39 is 0 Å². The second-order valence-corrected chi connectivity index (χ2v) is 4.18. The molecule has 1 aromatic carbocycles. The zero-order valence-corrected chi connectivity index (χ0v) is 10.3. The van der Waals surface area contributed by atoms with Crippen LogP contribution in [-0.4, -0.2) is 12.1 Å². The maximum atomic E-state index is 11.3. The van der Waals surface area contributed by atoms with Crippen molar-refractivity contribution in [1.82, 2.24) is 0 Å². The molecule has 0 saturated carbocycles. The summed E-state index contributed by atoms with van der Waals surface area (Å²) in [5.74, 6) is -0.0939. The Morgan fingerprint density at radius 2 is 2.06 bits per heavy atom. The van der Waals surface area contributed by atoms with Gasteiger partial charge in [-0.05, 0) is 31.4 Å². The Hall–Kier alpha value is -1.31. The molecule has 0 bridgehead atoms. The molecule has 0 fully saturated rings. The van der Waals surface area contributed by atoms with Crippen molar-refractivity contribution in [3.63, 3.8) is 0 Å². The van der Waals surface area contributed by atoms with E-state index in [0.717, 1.165) is 12.8 Å². The molecule has 0 aromatic heterocycles. The molecular weight excluding hydrogens is 200 g/mol. The van der Waals surface area contributed by atoms with Gasteiger partial charge in [-0.2, -0.15) is 0 Å². The highest BCUT2D eigenvalue weighted by Crippen LogP contribution is 2.11. The van der Waals surface area contributed by atoms with Crippen molar-refractivity contribution in [3.8, 4) is 0 Å². The van der Waals surface area contributed by atoms with Crippen LogP contribution in [0.5, 0.6) is 0 Å². The molecule has 0 aliphatic carbocycles. The fourth-order valence-electron chi connectivity index (χ4n) is 1.68. The molecule has 0 radical (unpaired) electrons. The Morgan fingerprint density at radius 3 is 2.69 bits per heavy atom. The van der Waals surface area contributed by atoms with Gasteiger partial charge >= 0.3 is 5.97 Å². The molecule has 0 saturated heterocycles. The summed E-state index contributed by atoms with van der Waals surface area (Å²) in [7, 11) is 0. The lowest BCUT2D eigenvalue weighted by atomic mass is 10.0. The number of esters is 1. The topological polar surface area (TPSA) is 26.3 Å². The first-order valence-electron chi connectivity index (χ1n) is 5.87. The first-order chi connectivity index (χ1) is 7.63. The zero-order chi connectivity index (χ0) is 12.0. The molecule has 1 aromatic rings. The van der Waals surface area contributed by atoms with Crippen LogP contribution in [0.4, 0.5) is 0 Å². The van der Waals surface area contributed by atoms with Crippen molar-refractivity contribution in [3.05, 3.63) is 35.4 Å². The lowest BCUT2D eigenvalue weighted by Gasteiger charge is -2.14. The Balaban J connectivity index is 2.48. The first-order valence-corrected chi connectivity index (χ1v) is 5.87. The number of carbonyl (C=O) groups is 1. The van der Waals surface area contributed by atoms with Gasteiger partial charge < -0.3 is 4.74 Å². The molecule has 1 rings (SSSR count). The third-order valence-corrected chi connectivity index (χ3v) is 2.56.